The summed E-state index contributed by atoms with van der Waals surface area (Å²) in [5.41, 5.74) is 3.85. The Morgan fingerprint density at radius 1 is 1.09 bits per heavy atom. The number of hydrogen-bond acceptors (Lipinski definition) is 4. The van der Waals surface area contributed by atoms with Gasteiger partial charge < -0.3 is 14.7 Å². The maximum atomic E-state index is 12.8. The van der Waals surface area contributed by atoms with Crippen LogP contribution in [0.4, 0.5) is 13.2 Å². The summed E-state index contributed by atoms with van der Waals surface area (Å²) in [5.74, 6) is -1.23. The minimum Gasteiger partial charge on any atom is -0.475 e. The Kier molecular flexibility index (Phi) is 8.46. The van der Waals surface area contributed by atoms with E-state index in [4.69, 9.17) is 14.6 Å². The summed E-state index contributed by atoms with van der Waals surface area (Å²) < 4.78 is 37.9. The minimum atomic E-state index is -5.08. The van der Waals surface area contributed by atoms with Crippen LogP contribution in [-0.2, 0) is 11.2 Å². The molecule has 1 aromatic heterocycles. The van der Waals surface area contributed by atoms with Gasteiger partial charge in [-0.3, -0.25) is 9.78 Å². The number of carboxylic acids is 1. The molecule has 1 aliphatic rings. The second-order valence-corrected chi connectivity index (χ2v) is 7.86. The normalized spacial score (nSPS) is 12.9. The number of hydrogen-bond donors (Lipinski definition) is 1. The van der Waals surface area contributed by atoms with Crippen LogP contribution in [-0.4, -0.2) is 46.1 Å². The highest BCUT2D eigenvalue weighted by Crippen LogP contribution is 2.32. The number of unbranched alkanes of at least 4 members (excludes halogenated alkanes) is 1. The molecule has 0 aliphatic carbocycles. The smallest absolute Gasteiger partial charge is 0.475 e. The van der Waals surface area contributed by atoms with Crippen molar-refractivity contribution in [2.45, 2.75) is 32.4 Å². The number of rotatable bonds is 6. The molecule has 2 aromatic carbocycles. The zero-order valence-electron chi connectivity index (χ0n) is 19.1. The van der Waals surface area contributed by atoms with Gasteiger partial charge in [0.1, 0.15) is 11.5 Å². The van der Waals surface area contributed by atoms with Gasteiger partial charge in [0.05, 0.1) is 6.20 Å². The number of nitrogens with zero attached hydrogens (tertiary/aromatic N) is 2. The zero-order valence-corrected chi connectivity index (χ0v) is 19.1. The molecule has 0 radical (unpaired) electrons. The summed E-state index contributed by atoms with van der Waals surface area (Å²) in [4.78, 5) is 28.0. The number of amides is 1. The van der Waals surface area contributed by atoms with Crippen LogP contribution >= 0.6 is 0 Å². The number of ether oxygens (including phenoxy) is 1. The van der Waals surface area contributed by atoms with Gasteiger partial charge in [-0.15, -0.1) is 0 Å². The fourth-order valence-electron chi connectivity index (χ4n) is 3.59. The van der Waals surface area contributed by atoms with Crippen molar-refractivity contribution in [3.8, 4) is 22.6 Å². The monoisotopic (exact) mass is 486 g/mol. The highest BCUT2D eigenvalue weighted by atomic mass is 19.4. The van der Waals surface area contributed by atoms with Crippen molar-refractivity contribution in [3.63, 3.8) is 0 Å². The van der Waals surface area contributed by atoms with E-state index in [2.05, 4.69) is 24.0 Å². The van der Waals surface area contributed by atoms with E-state index in [1.54, 1.807) is 6.20 Å². The molecule has 35 heavy (non-hydrogen) atoms. The van der Waals surface area contributed by atoms with E-state index in [1.807, 2.05) is 53.6 Å². The van der Waals surface area contributed by atoms with Gasteiger partial charge in [0.25, 0.3) is 5.91 Å². The van der Waals surface area contributed by atoms with Crippen LogP contribution in [0.25, 0.3) is 11.1 Å². The minimum absolute atomic E-state index is 0.108. The molecule has 184 valence electrons. The quantitative estimate of drug-likeness (QED) is 0.464. The Morgan fingerprint density at radius 2 is 1.80 bits per heavy atom. The van der Waals surface area contributed by atoms with E-state index in [1.165, 1.54) is 0 Å². The molecule has 0 fully saturated rings. The number of carbonyl (C=O) groups excluding carboxylic acids is 1. The fourth-order valence-corrected chi connectivity index (χ4v) is 3.59. The van der Waals surface area contributed by atoms with Gasteiger partial charge in [-0.25, -0.2) is 4.79 Å². The molecule has 0 atom stereocenters. The van der Waals surface area contributed by atoms with Crippen molar-refractivity contribution >= 4 is 11.9 Å². The van der Waals surface area contributed by atoms with Gasteiger partial charge in [-0.2, -0.15) is 13.2 Å². The molecule has 0 bridgehead atoms. The second kappa shape index (κ2) is 11.5. The number of pyridine rings is 1. The number of carbonyl (C=O) groups is 2. The fraction of sp³-hybridized carbons (Fsp3) is 0.269. The van der Waals surface area contributed by atoms with E-state index in [0.717, 1.165) is 60.4 Å². The molecule has 2 heterocycles. The van der Waals surface area contributed by atoms with E-state index in [0.29, 0.717) is 5.75 Å². The van der Waals surface area contributed by atoms with Crippen molar-refractivity contribution in [3.05, 3.63) is 78.1 Å². The third-order valence-corrected chi connectivity index (χ3v) is 5.35. The lowest BCUT2D eigenvalue weighted by molar-refractivity contribution is -0.192. The molecule has 1 amide bonds. The molecule has 1 aliphatic heterocycles. The predicted octanol–water partition coefficient (Wildman–Crippen LogP) is 5.97. The second-order valence-electron chi connectivity index (χ2n) is 7.86. The topological polar surface area (TPSA) is 79.7 Å². The van der Waals surface area contributed by atoms with Crippen LogP contribution in [0.1, 0.15) is 35.7 Å². The number of benzene rings is 2. The first-order valence-corrected chi connectivity index (χ1v) is 11.1. The summed E-state index contributed by atoms with van der Waals surface area (Å²) in [5, 5.41) is 7.12. The zero-order chi connectivity index (χ0) is 25.4. The highest BCUT2D eigenvalue weighted by Gasteiger charge is 2.38. The lowest BCUT2D eigenvalue weighted by Gasteiger charge is -2.29. The molecular formula is C26H25F3N2O4. The highest BCUT2D eigenvalue weighted by molar-refractivity contribution is 5.97. The van der Waals surface area contributed by atoms with Gasteiger partial charge in [-0.1, -0.05) is 49.7 Å². The molecule has 0 spiro atoms. The first kappa shape index (κ1) is 25.7. The van der Waals surface area contributed by atoms with Crippen molar-refractivity contribution in [1.29, 1.82) is 0 Å². The van der Waals surface area contributed by atoms with Crippen LogP contribution in [0.2, 0.25) is 0 Å². The Labute approximate surface area is 201 Å². The first-order chi connectivity index (χ1) is 16.7. The van der Waals surface area contributed by atoms with Crippen LogP contribution < -0.4 is 4.74 Å². The predicted molar refractivity (Wildman–Crippen MR) is 124 cm³/mol. The van der Waals surface area contributed by atoms with Gasteiger partial charge in [-0.05, 0) is 36.6 Å². The maximum Gasteiger partial charge on any atom is 0.490 e. The number of aliphatic carboxylic acids is 1. The van der Waals surface area contributed by atoms with Gasteiger partial charge in [0.15, 0.2) is 0 Å². The van der Waals surface area contributed by atoms with Crippen LogP contribution in [0.5, 0.6) is 11.5 Å². The van der Waals surface area contributed by atoms with Crippen molar-refractivity contribution in [2.75, 3.05) is 13.1 Å². The number of alkyl halides is 3. The molecule has 0 saturated heterocycles. The first-order valence-electron chi connectivity index (χ1n) is 11.1. The van der Waals surface area contributed by atoms with E-state index in [9.17, 15) is 18.0 Å². The molecule has 1 N–H and O–H groups in total. The van der Waals surface area contributed by atoms with Crippen LogP contribution in [0.3, 0.4) is 0 Å². The number of fused-ring (bicyclic) bond motifs is 1. The molecule has 6 nitrogen and oxygen atoms in total. The average Bonchev–Trinajstić information content (AvgIpc) is 2.84. The lowest BCUT2D eigenvalue weighted by Crippen LogP contribution is -2.38. The van der Waals surface area contributed by atoms with E-state index in [-0.39, 0.29) is 5.91 Å². The Hall–Kier alpha value is -3.88. The standard InChI is InChI=1S/C24H24N2O2.C2HF3O2/c1-2-3-13-26-14-12-21-22(24(26)27)10-7-11-23(21)28-20-15-19(16-25-17-20)18-8-5-4-6-9-18;3-2(4,5)1(6)7/h4-11,15-17H,2-3,12-14H2,1H3;(H,6,7). The Bertz CT molecular complexity index is 1170. The lowest BCUT2D eigenvalue weighted by atomic mass is 9.97. The summed E-state index contributed by atoms with van der Waals surface area (Å²) in [6.07, 6.45) is 1.40. The summed E-state index contributed by atoms with van der Waals surface area (Å²) >= 11 is 0. The summed E-state index contributed by atoms with van der Waals surface area (Å²) in [6.45, 7) is 3.71. The molecule has 9 heteroatoms. The van der Waals surface area contributed by atoms with Gasteiger partial charge >= 0.3 is 12.1 Å². The summed E-state index contributed by atoms with van der Waals surface area (Å²) in [7, 11) is 0. The van der Waals surface area contributed by atoms with E-state index >= 15 is 0 Å². The van der Waals surface area contributed by atoms with Crippen molar-refractivity contribution in [2.24, 2.45) is 0 Å². The van der Waals surface area contributed by atoms with E-state index < -0.39 is 12.1 Å². The largest absolute Gasteiger partial charge is 0.490 e. The average molecular weight is 486 g/mol. The Balaban J connectivity index is 0.000000429. The number of aromatic nitrogens is 1. The van der Waals surface area contributed by atoms with Crippen molar-refractivity contribution in [1.82, 2.24) is 9.88 Å². The number of halogens is 3. The van der Waals surface area contributed by atoms with Gasteiger partial charge in [0.2, 0.25) is 0 Å². The number of carboxylic acid groups (broad SMARTS) is 1. The molecule has 4 rings (SSSR count). The van der Waals surface area contributed by atoms with Crippen LogP contribution in [0, 0.1) is 0 Å². The molecule has 0 saturated carbocycles. The molecule has 3 aromatic rings. The SMILES string of the molecule is CCCCN1CCc2c(Oc3cncc(-c4ccccc4)c3)cccc2C1=O.O=C(O)C(F)(F)F. The van der Waals surface area contributed by atoms with Gasteiger partial charge in [0, 0.05) is 36.0 Å². The van der Waals surface area contributed by atoms with Crippen molar-refractivity contribution < 1.29 is 32.6 Å². The summed E-state index contributed by atoms with van der Waals surface area (Å²) in [6, 6.07) is 17.8. The molecular weight excluding hydrogens is 461 g/mol. The molecule has 0 unspecified atom stereocenters. The third kappa shape index (κ3) is 6.81. The third-order valence-electron chi connectivity index (χ3n) is 5.35. The maximum absolute atomic E-state index is 12.8. The van der Waals surface area contributed by atoms with Crippen LogP contribution in [0.15, 0.2) is 67.0 Å². The Morgan fingerprint density at radius 3 is 2.46 bits per heavy atom.